The number of carbonyl (C=O) groups excluding carboxylic acids is 2. The van der Waals surface area contributed by atoms with Crippen molar-refractivity contribution in [3.63, 3.8) is 0 Å². The number of nitrogens with zero attached hydrogens (tertiary/aromatic N) is 1. The van der Waals surface area contributed by atoms with E-state index in [0.29, 0.717) is 6.54 Å². The van der Waals surface area contributed by atoms with Gasteiger partial charge in [0, 0.05) is 19.4 Å². The van der Waals surface area contributed by atoms with Gasteiger partial charge >= 0.3 is 0 Å². The van der Waals surface area contributed by atoms with Crippen LogP contribution in [0.25, 0.3) is 0 Å². The Balaban J connectivity index is 4.03. The van der Waals surface area contributed by atoms with Gasteiger partial charge in [-0.1, -0.05) is 13.8 Å². The van der Waals surface area contributed by atoms with Crippen LogP contribution in [0.15, 0.2) is 0 Å². The van der Waals surface area contributed by atoms with E-state index < -0.39 is 0 Å². The first-order valence-corrected chi connectivity index (χ1v) is 4.27. The standard InChI is InChI=1S/C9H17NO2/c1-5-10(8(4)11)6-9(12)7(2)3/h7H,5-6H2,1-4H3. The van der Waals surface area contributed by atoms with Crippen molar-refractivity contribution in [2.45, 2.75) is 27.7 Å². The van der Waals surface area contributed by atoms with Crippen molar-refractivity contribution in [1.29, 1.82) is 0 Å². The molecule has 70 valence electrons. The Labute approximate surface area is 73.7 Å². The maximum Gasteiger partial charge on any atom is 0.219 e. The molecule has 0 spiro atoms. The molecule has 3 nitrogen and oxygen atoms in total. The zero-order chi connectivity index (χ0) is 9.72. The summed E-state index contributed by atoms with van der Waals surface area (Å²) in [4.78, 5) is 23.7. The van der Waals surface area contributed by atoms with Crippen LogP contribution < -0.4 is 0 Å². The molecular formula is C9H17NO2. The zero-order valence-corrected chi connectivity index (χ0v) is 8.26. The summed E-state index contributed by atoms with van der Waals surface area (Å²) < 4.78 is 0. The minimum atomic E-state index is -0.0356. The lowest BCUT2D eigenvalue weighted by atomic mass is 10.1. The summed E-state index contributed by atoms with van der Waals surface area (Å²) in [6.45, 7) is 7.90. The van der Waals surface area contributed by atoms with E-state index in [2.05, 4.69) is 0 Å². The maximum absolute atomic E-state index is 11.2. The number of Topliss-reactive ketones (excluding diaryl/α,β-unsaturated/α-hetero) is 1. The summed E-state index contributed by atoms with van der Waals surface area (Å²) >= 11 is 0. The number of rotatable bonds is 4. The van der Waals surface area contributed by atoms with Crippen molar-refractivity contribution < 1.29 is 9.59 Å². The van der Waals surface area contributed by atoms with Crippen LogP contribution in [0.2, 0.25) is 0 Å². The predicted octanol–water partition coefficient (Wildman–Crippen LogP) is 1.08. The quantitative estimate of drug-likeness (QED) is 0.634. The van der Waals surface area contributed by atoms with Crippen molar-refractivity contribution >= 4 is 11.7 Å². The van der Waals surface area contributed by atoms with Gasteiger partial charge in [-0.15, -0.1) is 0 Å². The second kappa shape index (κ2) is 4.91. The molecule has 0 heterocycles. The fourth-order valence-corrected chi connectivity index (χ4v) is 0.816. The Kier molecular flexibility index (Phi) is 4.55. The van der Waals surface area contributed by atoms with Gasteiger partial charge in [-0.25, -0.2) is 0 Å². The SMILES string of the molecule is CCN(CC(=O)C(C)C)C(C)=O. The van der Waals surface area contributed by atoms with Crippen LogP contribution in [0.1, 0.15) is 27.7 Å². The largest absolute Gasteiger partial charge is 0.336 e. The van der Waals surface area contributed by atoms with E-state index in [9.17, 15) is 9.59 Å². The Morgan fingerprint density at radius 2 is 1.83 bits per heavy atom. The van der Waals surface area contributed by atoms with E-state index in [0.717, 1.165) is 0 Å². The topological polar surface area (TPSA) is 37.4 Å². The minimum Gasteiger partial charge on any atom is -0.336 e. The van der Waals surface area contributed by atoms with E-state index in [1.54, 1.807) is 4.90 Å². The molecule has 0 aliphatic rings. The van der Waals surface area contributed by atoms with E-state index >= 15 is 0 Å². The molecule has 0 rings (SSSR count). The average molecular weight is 171 g/mol. The van der Waals surface area contributed by atoms with Crippen molar-refractivity contribution in [1.82, 2.24) is 4.90 Å². The van der Waals surface area contributed by atoms with Crippen LogP contribution in [-0.2, 0) is 9.59 Å². The minimum absolute atomic E-state index is 0.0124. The number of hydrogen-bond acceptors (Lipinski definition) is 2. The third-order valence-electron chi connectivity index (χ3n) is 1.82. The number of ketones is 1. The third kappa shape index (κ3) is 3.51. The van der Waals surface area contributed by atoms with Gasteiger partial charge in [0.05, 0.1) is 6.54 Å². The Bertz CT molecular complexity index is 175. The third-order valence-corrected chi connectivity index (χ3v) is 1.82. The van der Waals surface area contributed by atoms with Crippen molar-refractivity contribution in [3.05, 3.63) is 0 Å². The molecule has 0 aliphatic heterocycles. The van der Waals surface area contributed by atoms with Gasteiger partial charge in [0.15, 0.2) is 5.78 Å². The monoisotopic (exact) mass is 171 g/mol. The van der Waals surface area contributed by atoms with Crippen molar-refractivity contribution in [2.24, 2.45) is 5.92 Å². The molecule has 0 atom stereocenters. The molecule has 3 heteroatoms. The number of likely N-dealkylation sites (N-methyl/N-ethyl adjacent to an activating group) is 1. The number of hydrogen-bond donors (Lipinski definition) is 0. The zero-order valence-electron chi connectivity index (χ0n) is 8.26. The highest BCUT2D eigenvalue weighted by molar-refractivity contribution is 5.86. The van der Waals surface area contributed by atoms with Crippen LogP contribution >= 0.6 is 0 Å². The highest BCUT2D eigenvalue weighted by atomic mass is 16.2. The lowest BCUT2D eigenvalue weighted by molar-refractivity contribution is -0.134. The van der Waals surface area contributed by atoms with E-state index in [-0.39, 0.29) is 24.2 Å². The van der Waals surface area contributed by atoms with Gasteiger partial charge in [-0.05, 0) is 6.92 Å². The fraction of sp³-hybridized carbons (Fsp3) is 0.778. The van der Waals surface area contributed by atoms with Crippen LogP contribution in [-0.4, -0.2) is 29.7 Å². The first-order chi connectivity index (χ1) is 5.49. The van der Waals surface area contributed by atoms with Crippen molar-refractivity contribution in [2.75, 3.05) is 13.1 Å². The number of carbonyl (C=O) groups is 2. The van der Waals surface area contributed by atoms with Gasteiger partial charge in [0.25, 0.3) is 0 Å². The molecule has 0 aliphatic carbocycles. The van der Waals surface area contributed by atoms with E-state index in [1.807, 2.05) is 20.8 Å². The fourth-order valence-electron chi connectivity index (χ4n) is 0.816. The Morgan fingerprint density at radius 1 is 1.33 bits per heavy atom. The van der Waals surface area contributed by atoms with Gasteiger partial charge < -0.3 is 4.90 Å². The Hall–Kier alpha value is -0.860. The molecule has 1 amide bonds. The Morgan fingerprint density at radius 3 is 2.08 bits per heavy atom. The first kappa shape index (κ1) is 11.1. The molecule has 0 N–H and O–H groups in total. The first-order valence-electron chi connectivity index (χ1n) is 4.27. The molecule has 0 aromatic rings. The van der Waals surface area contributed by atoms with Gasteiger partial charge in [0.1, 0.15) is 0 Å². The summed E-state index contributed by atoms with van der Waals surface area (Å²) in [5.41, 5.74) is 0. The molecule has 0 radical (unpaired) electrons. The van der Waals surface area contributed by atoms with E-state index in [4.69, 9.17) is 0 Å². The average Bonchev–Trinajstić information content (AvgIpc) is 1.98. The summed E-state index contributed by atoms with van der Waals surface area (Å²) in [6.07, 6.45) is 0. The second-order valence-electron chi connectivity index (χ2n) is 3.15. The van der Waals surface area contributed by atoms with Gasteiger partial charge in [-0.2, -0.15) is 0 Å². The lowest BCUT2D eigenvalue weighted by Crippen LogP contribution is -2.35. The van der Waals surface area contributed by atoms with Crippen molar-refractivity contribution in [3.8, 4) is 0 Å². The second-order valence-corrected chi connectivity index (χ2v) is 3.15. The highest BCUT2D eigenvalue weighted by Gasteiger charge is 2.13. The summed E-state index contributed by atoms with van der Waals surface area (Å²) in [5.74, 6) is 0.0944. The molecule has 0 aromatic heterocycles. The predicted molar refractivity (Wildman–Crippen MR) is 47.8 cm³/mol. The molecule has 0 unspecified atom stereocenters. The molecule has 0 saturated carbocycles. The molecular weight excluding hydrogens is 154 g/mol. The summed E-state index contributed by atoms with van der Waals surface area (Å²) in [7, 11) is 0. The molecule has 0 bridgehead atoms. The van der Waals surface area contributed by atoms with Gasteiger partial charge in [-0.3, -0.25) is 9.59 Å². The van der Waals surface area contributed by atoms with E-state index in [1.165, 1.54) is 6.92 Å². The van der Waals surface area contributed by atoms with Gasteiger partial charge in [0.2, 0.25) is 5.91 Å². The smallest absolute Gasteiger partial charge is 0.219 e. The van der Waals surface area contributed by atoms with Crippen LogP contribution in [0.3, 0.4) is 0 Å². The molecule has 0 aromatic carbocycles. The highest BCUT2D eigenvalue weighted by Crippen LogP contribution is 1.97. The molecule has 0 fully saturated rings. The summed E-state index contributed by atoms with van der Waals surface area (Å²) in [6, 6.07) is 0. The summed E-state index contributed by atoms with van der Waals surface area (Å²) in [5, 5.41) is 0. The van der Waals surface area contributed by atoms with Crippen LogP contribution in [0, 0.1) is 5.92 Å². The molecule has 0 saturated heterocycles. The van der Waals surface area contributed by atoms with Crippen LogP contribution in [0.4, 0.5) is 0 Å². The normalized spacial score (nSPS) is 10.1. The maximum atomic E-state index is 11.2. The van der Waals surface area contributed by atoms with Crippen LogP contribution in [0.5, 0.6) is 0 Å². The lowest BCUT2D eigenvalue weighted by Gasteiger charge is -2.18. The molecule has 12 heavy (non-hydrogen) atoms. The number of amides is 1.